The van der Waals surface area contributed by atoms with Gasteiger partial charge in [-0.05, 0) is 44.0 Å². The van der Waals surface area contributed by atoms with Crippen molar-refractivity contribution in [2.75, 3.05) is 25.0 Å². The van der Waals surface area contributed by atoms with Gasteiger partial charge < -0.3 is 10.6 Å². The molecule has 0 saturated carbocycles. The Bertz CT molecular complexity index is 786. The van der Waals surface area contributed by atoms with E-state index < -0.39 is 0 Å². The lowest BCUT2D eigenvalue weighted by atomic mass is 9.97. The molecule has 0 spiro atoms. The third kappa shape index (κ3) is 5.62. The lowest BCUT2D eigenvalue weighted by molar-refractivity contribution is -0.122. The Morgan fingerprint density at radius 3 is 2.74 bits per heavy atom. The molecule has 1 aliphatic rings. The number of nitrogens with zero attached hydrogens (tertiary/aromatic N) is 3. The van der Waals surface area contributed by atoms with Crippen LogP contribution in [0.3, 0.4) is 0 Å². The van der Waals surface area contributed by atoms with Crippen molar-refractivity contribution in [3.63, 3.8) is 0 Å². The highest BCUT2D eigenvalue weighted by atomic mass is 16.2. The standard InChI is InChI=1S/C19H26N6O2/c1-13-21-19(24-23-13)16-4-3-9-25(11-16)12-18(27)20-10-15-5-7-17(8-6-15)22-14(2)26/h5-8,16H,3-4,9-12H2,1-2H3,(H,20,27)(H,22,26)(H,21,23,24)/t16-/m1/s1. The number of aryl methyl sites for hydroxylation is 1. The van der Waals surface area contributed by atoms with E-state index in [1.807, 2.05) is 31.2 Å². The van der Waals surface area contributed by atoms with Gasteiger partial charge in [0.25, 0.3) is 0 Å². The van der Waals surface area contributed by atoms with Gasteiger partial charge in [0.1, 0.15) is 5.82 Å². The number of aromatic nitrogens is 3. The molecule has 0 radical (unpaired) electrons. The van der Waals surface area contributed by atoms with E-state index in [9.17, 15) is 9.59 Å². The fourth-order valence-electron chi connectivity index (χ4n) is 3.32. The first-order valence-corrected chi connectivity index (χ1v) is 9.24. The molecule has 1 aromatic heterocycles. The minimum absolute atomic E-state index is 0.00718. The molecule has 0 unspecified atom stereocenters. The van der Waals surface area contributed by atoms with Gasteiger partial charge in [-0.15, -0.1) is 0 Å². The molecule has 27 heavy (non-hydrogen) atoms. The van der Waals surface area contributed by atoms with Crippen LogP contribution in [0.5, 0.6) is 0 Å². The van der Waals surface area contributed by atoms with Gasteiger partial charge in [-0.25, -0.2) is 4.98 Å². The summed E-state index contributed by atoms with van der Waals surface area (Å²) in [7, 11) is 0. The number of hydrogen-bond donors (Lipinski definition) is 3. The highest BCUT2D eigenvalue weighted by Crippen LogP contribution is 2.24. The third-order valence-corrected chi connectivity index (χ3v) is 4.62. The normalized spacial score (nSPS) is 17.5. The molecule has 1 fully saturated rings. The molecule has 8 nitrogen and oxygen atoms in total. The van der Waals surface area contributed by atoms with Crippen molar-refractivity contribution in [3.8, 4) is 0 Å². The van der Waals surface area contributed by atoms with Crippen LogP contribution < -0.4 is 10.6 Å². The number of amides is 2. The van der Waals surface area contributed by atoms with Crippen LogP contribution in [-0.4, -0.2) is 51.5 Å². The van der Waals surface area contributed by atoms with Crippen LogP contribution in [0.4, 0.5) is 5.69 Å². The average molecular weight is 370 g/mol. The predicted octanol–water partition coefficient (Wildman–Crippen LogP) is 1.57. The molecule has 144 valence electrons. The molecule has 8 heteroatoms. The summed E-state index contributed by atoms with van der Waals surface area (Å²) in [4.78, 5) is 29.9. The second-order valence-electron chi connectivity index (χ2n) is 7.01. The molecule has 2 amide bonds. The average Bonchev–Trinajstić information content (AvgIpc) is 3.07. The van der Waals surface area contributed by atoms with E-state index in [1.165, 1.54) is 6.92 Å². The smallest absolute Gasteiger partial charge is 0.234 e. The number of benzene rings is 1. The van der Waals surface area contributed by atoms with Crippen molar-refractivity contribution in [2.24, 2.45) is 0 Å². The zero-order chi connectivity index (χ0) is 19.2. The number of H-pyrrole nitrogens is 1. The fourth-order valence-corrected chi connectivity index (χ4v) is 3.32. The Hall–Kier alpha value is -2.74. The van der Waals surface area contributed by atoms with Gasteiger partial charge in [-0.2, -0.15) is 5.10 Å². The summed E-state index contributed by atoms with van der Waals surface area (Å²) in [5.74, 6) is 1.85. The van der Waals surface area contributed by atoms with E-state index in [1.54, 1.807) is 0 Å². The van der Waals surface area contributed by atoms with Crippen molar-refractivity contribution >= 4 is 17.5 Å². The molecule has 3 rings (SSSR count). The molecule has 2 heterocycles. The molecule has 1 aliphatic heterocycles. The molecular weight excluding hydrogens is 344 g/mol. The molecule has 1 atom stereocenters. The van der Waals surface area contributed by atoms with Crippen LogP contribution in [0.25, 0.3) is 0 Å². The Labute approximate surface area is 158 Å². The molecule has 2 aromatic rings. The monoisotopic (exact) mass is 370 g/mol. The third-order valence-electron chi connectivity index (χ3n) is 4.62. The Morgan fingerprint density at radius 2 is 2.07 bits per heavy atom. The first kappa shape index (κ1) is 19.0. The lowest BCUT2D eigenvalue weighted by Gasteiger charge is -2.30. The topological polar surface area (TPSA) is 103 Å². The van der Waals surface area contributed by atoms with Crippen LogP contribution in [0.2, 0.25) is 0 Å². The number of piperidine rings is 1. The summed E-state index contributed by atoms with van der Waals surface area (Å²) in [6, 6.07) is 7.45. The Kier molecular flexibility index (Phi) is 6.18. The number of hydrogen-bond acceptors (Lipinski definition) is 5. The fraction of sp³-hybridized carbons (Fsp3) is 0.474. The molecule has 0 bridgehead atoms. The second-order valence-corrected chi connectivity index (χ2v) is 7.01. The van der Waals surface area contributed by atoms with Crippen molar-refractivity contribution in [3.05, 3.63) is 41.5 Å². The summed E-state index contributed by atoms with van der Waals surface area (Å²) >= 11 is 0. The first-order chi connectivity index (χ1) is 13.0. The highest BCUT2D eigenvalue weighted by Gasteiger charge is 2.25. The second kappa shape index (κ2) is 8.77. The summed E-state index contributed by atoms with van der Waals surface area (Å²) in [5, 5.41) is 12.8. The van der Waals surface area contributed by atoms with Gasteiger partial charge in [0.05, 0.1) is 6.54 Å². The summed E-state index contributed by atoms with van der Waals surface area (Å²) in [6.07, 6.45) is 2.09. The van der Waals surface area contributed by atoms with Crippen molar-refractivity contribution in [1.29, 1.82) is 0 Å². The Morgan fingerprint density at radius 1 is 1.30 bits per heavy atom. The number of aromatic amines is 1. The van der Waals surface area contributed by atoms with Crippen LogP contribution in [0.15, 0.2) is 24.3 Å². The van der Waals surface area contributed by atoms with Crippen LogP contribution in [0.1, 0.15) is 42.9 Å². The van der Waals surface area contributed by atoms with Gasteiger partial charge in [0, 0.05) is 31.6 Å². The zero-order valence-electron chi connectivity index (χ0n) is 15.8. The highest BCUT2D eigenvalue weighted by molar-refractivity contribution is 5.88. The van der Waals surface area contributed by atoms with Crippen molar-refractivity contribution in [1.82, 2.24) is 25.4 Å². The molecule has 1 aromatic carbocycles. The van der Waals surface area contributed by atoms with E-state index >= 15 is 0 Å². The van der Waals surface area contributed by atoms with Gasteiger partial charge >= 0.3 is 0 Å². The number of rotatable bonds is 6. The summed E-state index contributed by atoms with van der Waals surface area (Å²) in [6.45, 7) is 5.94. The minimum Gasteiger partial charge on any atom is -0.351 e. The summed E-state index contributed by atoms with van der Waals surface area (Å²) in [5.41, 5.74) is 1.74. The minimum atomic E-state index is -0.101. The van der Waals surface area contributed by atoms with Crippen LogP contribution in [0, 0.1) is 6.92 Å². The molecule has 0 aliphatic carbocycles. The van der Waals surface area contributed by atoms with Gasteiger partial charge in [-0.3, -0.25) is 19.6 Å². The maximum atomic E-state index is 12.3. The molecule has 1 saturated heterocycles. The maximum absolute atomic E-state index is 12.3. The Balaban J connectivity index is 1.45. The first-order valence-electron chi connectivity index (χ1n) is 9.24. The van der Waals surface area contributed by atoms with E-state index in [0.29, 0.717) is 13.1 Å². The largest absolute Gasteiger partial charge is 0.351 e. The van der Waals surface area contributed by atoms with E-state index in [0.717, 1.165) is 48.8 Å². The molecule has 3 N–H and O–H groups in total. The maximum Gasteiger partial charge on any atom is 0.234 e. The van der Waals surface area contributed by atoms with Gasteiger partial charge in [0.15, 0.2) is 5.82 Å². The van der Waals surface area contributed by atoms with E-state index in [4.69, 9.17) is 0 Å². The van der Waals surface area contributed by atoms with Gasteiger partial charge in [-0.1, -0.05) is 12.1 Å². The van der Waals surface area contributed by atoms with Gasteiger partial charge in [0.2, 0.25) is 11.8 Å². The summed E-state index contributed by atoms with van der Waals surface area (Å²) < 4.78 is 0. The quantitative estimate of drug-likeness (QED) is 0.716. The SMILES string of the molecule is CC(=O)Nc1ccc(CNC(=O)CN2CCC[C@@H](c3n[nH]c(C)n3)C2)cc1. The number of carbonyl (C=O) groups excluding carboxylic acids is 2. The van der Waals surface area contributed by atoms with Crippen LogP contribution in [-0.2, 0) is 16.1 Å². The lowest BCUT2D eigenvalue weighted by Crippen LogP contribution is -2.42. The van der Waals surface area contributed by atoms with E-state index in [2.05, 4.69) is 30.7 Å². The molecular formula is C19H26N6O2. The number of anilines is 1. The predicted molar refractivity (Wildman–Crippen MR) is 102 cm³/mol. The van der Waals surface area contributed by atoms with Crippen molar-refractivity contribution < 1.29 is 9.59 Å². The number of carbonyl (C=O) groups is 2. The number of nitrogens with one attached hydrogen (secondary N) is 3. The van der Waals surface area contributed by atoms with Crippen LogP contribution >= 0.6 is 0 Å². The van der Waals surface area contributed by atoms with Crippen molar-refractivity contribution in [2.45, 2.75) is 39.2 Å². The zero-order valence-corrected chi connectivity index (χ0v) is 15.8. The number of likely N-dealkylation sites (tertiary alicyclic amines) is 1. The van der Waals surface area contributed by atoms with E-state index in [-0.39, 0.29) is 17.7 Å².